The van der Waals surface area contributed by atoms with Crippen LogP contribution in [0.4, 0.5) is 0 Å². The van der Waals surface area contributed by atoms with Crippen molar-refractivity contribution in [2.24, 2.45) is 5.92 Å². The maximum Gasteiger partial charge on any atom is 0.358 e. The normalized spacial score (nSPS) is 26.1. The molecule has 0 saturated carbocycles. The topological polar surface area (TPSA) is 66.6 Å². The summed E-state index contributed by atoms with van der Waals surface area (Å²) in [5, 5.41) is 12.2. The summed E-state index contributed by atoms with van der Waals surface area (Å²) < 4.78 is 5.00. The Kier molecular flexibility index (Phi) is 2.96. The molecule has 1 aromatic heterocycles. The van der Waals surface area contributed by atoms with Gasteiger partial charge in [0.25, 0.3) is 0 Å². The molecule has 2 unspecified atom stereocenters. The molecule has 0 aromatic carbocycles. The van der Waals surface area contributed by atoms with Crippen LogP contribution in [0.3, 0.4) is 0 Å². The zero-order chi connectivity index (χ0) is 11.7. The van der Waals surface area contributed by atoms with E-state index in [1.54, 1.807) is 0 Å². The van der Waals surface area contributed by atoms with Crippen LogP contribution in [0.5, 0.6) is 0 Å². The van der Waals surface area contributed by atoms with Crippen molar-refractivity contribution < 1.29 is 14.4 Å². The van der Waals surface area contributed by atoms with Crippen LogP contribution < -0.4 is 0 Å². The Balaban J connectivity index is 2.01. The number of carboxylic acids is 1. The molecule has 1 N–H and O–H groups in total. The molecule has 2 atom stereocenters. The molecule has 2 heterocycles. The van der Waals surface area contributed by atoms with Gasteiger partial charge >= 0.3 is 5.97 Å². The van der Waals surface area contributed by atoms with Crippen molar-refractivity contribution in [2.45, 2.75) is 32.9 Å². The molecule has 5 nitrogen and oxygen atoms in total. The van der Waals surface area contributed by atoms with E-state index in [2.05, 4.69) is 23.9 Å². The van der Waals surface area contributed by atoms with Crippen LogP contribution in [0.2, 0.25) is 0 Å². The predicted octanol–water partition coefficient (Wildman–Crippen LogP) is 1.60. The monoisotopic (exact) mass is 224 g/mol. The van der Waals surface area contributed by atoms with E-state index < -0.39 is 5.97 Å². The molecule has 0 amide bonds. The summed E-state index contributed by atoms with van der Waals surface area (Å²) in [6, 6.07) is 2.02. The first-order chi connectivity index (χ1) is 7.56. The molecule has 0 bridgehead atoms. The summed E-state index contributed by atoms with van der Waals surface area (Å²) in [5.74, 6) is 0.271. The number of aromatic nitrogens is 1. The number of aromatic carboxylic acids is 1. The number of hydrogen-bond donors (Lipinski definition) is 1. The highest BCUT2D eigenvalue weighted by Gasteiger charge is 2.27. The fraction of sp³-hybridized carbons (Fsp3) is 0.636. The van der Waals surface area contributed by atoms with Gasteiger partial charge in [-0.2, -0.15) is 0 Å². The molecule has 1 aliphatic heterocycles. The van der Waals surface area contributed by atoms with Gasteiger partial charge in [-0.3, -0.25) is 4.90 Å². The largest absolute Gasteiger partial charge is 0.476 e. The molecule has 1 aromatic rings. The van der Waals surface area contributed by atoms with Gasteiger partial charge in [0.05, 0.1) is 6.54 Å². The first-order valence-electron chi connectivity index (χ1n) is 5.49. The minimum atomic E-state index is -1.04. The van der Waals surface area contributed by atoms with Gasteiger partial charge in [0, 0.05) is 18.7 Å². The molecule has 88 valence electrons. The van der Waals surface area contributed by atoms with Gasteiger partial charge in [-0.25, -0.2) is 4.79 Å². The van der Waals surface area contributed by atoms with Gasteiger partial charge in [-0.05, 0) is 19.3 Å². The SMILES string of the molecule is CC1CC(C)N(Cc2cc(C(=O)O)no2)C1. The second kappa shape index (κ2) is 4.25. The second-order valence-corrected chi connectivity index (χ2v) is 4.60. The zero-order valence-electron chi connectivity index (χ0n) is 9.51. The van der Waals surface area contributed by atoms with Gasteiger partial charge in [0.15, 0.2) is 11.5 Å². The number of carboxylic acid groups (broad SMARTS) is 1. The fourth-order valence-corrected chi connectivity index (χ4v) is 2.30. The lowest BCUT2D eigenvalue weighted by molar-refractivity contribution is 0.0685. The summed E-state index contributed by atoms with van der Waals surface area (Å²) in [4.78, 5) is 12.9. The summed E-state index contributed by atoms with van der Waals surface area (Å²) in [6.07, 6.45) is 1.18. The average molecular weight is 224 g/mol. The van der Waals surface area contributed by atoms with Gasteiger partial charge in [-0.15, -0.1) is 0 Å². The minimum absolute atomic E-state index is 0.0186. The van der Waals surface area contributed by atoms with Gasteiger partial charge in [0.2, 0.25) is 0 Å². The smallest absolute Gasteiger partial charge is 0.358 e. The Bertz CT molecular complexity index is 388. The van der Waals surface area contributed by atoms with Crippen molar-refractivity contribution in [3.05, 3.63) is 17.5 Å². The van der Waals surface area contributed by atoms with Crippen LogP contribution in [0, 0.1) is 5.92 Å². The highest BCUT2D eigenvalue weighted by molar-refractivity contribution is 5.85. The van der Waals surface area contributed by atoms with Gasteiger partial charge in [-0.1, -0.05) is 12.1 Å². The molecular weight excluding hydrogens is 208 g/mol. The Hall–Kier alpha value is -1.36. The van der Waals surface area contributed by atoms with E-state index in [9.17, 15) is 4.79 Å². The van der Waals surface area contributed by atoms with E-state index in [1.807, 2.05) is 0 Å². The number of likely N-dealkylation sites (tertiary alicyclic amines) is 1. The summed E-state index contributed by atoms with van der Waals surface area (Å²) in [6.45, 7) is 6.08. The molecule has 16 heavy (non-hydrogen) atoms. The van der Waals surface area contributed by atoms with E-state index >= 15 is 0 Å². The van der Waals surface area contributed by atoms with Crippen molar-refractivity contribution >= 4 is 5.97 Å². The highest BCUT2D eigenvalue weighted by Crippen LogP contribution is 2.24. The van der Waals surface area contributed by atoms with E-state index in [4.69, 9.17) is 9.63 Å². The van der Waals surface area contributed by atoms with E-state index in [1.165, 1.54) is 12.5 Å². The maximum atomic E-state index is 10.6. The van der Waals surface area contributed by atoms with Crippen LogP contribution >= 0.6 is 0 Å². The first kappa shape index (κ1) is 11.1. The third kappa shape index (κ3) is 2.24. The summed E-state index contributed by atoms with van der Waals surface area (Å²) in [7, 11) is 0. The first-order valence-corrected chi connectivity index (χ1v) is 5.49. The molecule has 1 saturated heterocycles. The lowest BCUT2D eigenvalue weighted by atomic mass is 10.1. The molecule has 1 aliphatic rings. The number of rotatable bonds is 3. The van der Waals surface area contributed by atoms with Crippen LogP contribution in [0.1, 0.15) is 36.5 Å². The molecule has 0 aliphatic carbocycles. The summed E-state index contributed by atoms with van der Waals surface area (Å²) >= 11 is 0. The van der Waals surface area contributed by atoms with Crippen molar-refractivity contribution in [3.63, 3.8) is 0 Å². The van der Waals surface area contributed by atoms with E-state index in [0.29, 0.717) is 24.3 Å². The van der Waals surface area contributed by atoms with E-state index in [-0.39, 0.29) is 5.69 Å². The minimum Gasteiger partial charge on any atom is -0.476 e. The Morgan fingerprint density at radius 1 is 1.69 bits per heavy atom. The van der Waals surface area contributed by atoms with Crippen LogP contribution in [0.15, 0.2) is 10.6 Å². The second-order valence-electron chi connectivity index (χ2n) is 4.60. The Morgan fingerprint density at radius 3 is 2.94 bits per heavy atom. The van der Waals surface area contributed by atoms with Gasteiger partial charge in [0.1, 0.15) is 0 Å². The Morgan fingerprint density at radius 2 is 2.44 bits per heavy atom. The van der Waals surface area contributed by atoms with Crippen LogP contribution in [-0.4, -0.2) is 33.7 Å². The molecule has 1 fully saturated rings. The molecule has 0 spiro atoms. The number of carbonyl (C=O) groups is 1. The fourth-order valence-electron chi connectivity index (χ4n) is 2.30. The average Bonchev–Trinajstić information content (AvgIpc) is 2.75. The summed E-state index contributed by atoms with van der Waals surface area (Å²) in [5.41, 5.74) is -0.0186. The van der Waals surface area contributed by atoms with Crippen molar-refractivity contribution in [2.75, 3.05) is 6.54 Å². The molecular formula is C11H16N2O3. The lowest BCUT2D eigenvalue weighted by Crippen LogP contribution is -2.26. The molecule has 5 heteroatoms. The number of nitrogens with zero attached hydrogens (tertiary/aromatic N) is 2. The predicted molar refractivity (Wildman–Crippen MR) is 57.1 cm³/mol. The Labute approximate surface area is 94.0 Å². The molecule has 2 rings (SSSR count). The van der Waals surface area contributed by atoms with Gasteiger partial charge < -0.3 is 9.63 Å². The van der Waals surface area contributed by atoms with Crippen LogP contribution in [0.25, 0.3) is 0 Å². The van der Waals surface area contributed by atoms with Crippen molar-refractivity contribution in [1.29, 1.82) is 0 Å². The third-order valence-corrected chi connectivity index (χ3v) is 3.05. The quantitative estimate of drug-likeness (QED) is 0.844. The lowest BCUT2D eigenvalue weighted by Gasteiger charge is -2.18. The maximum absolute atomic E-state index is 10.6. The standard InChI is InChI=1S/C11H16N2O3/c1-7-3-8(2)13(5-7)6-9-4-10(11(14)15)12-16-9/h4,7-8H,3,5-6H2,1-2H3,(H,14,15). The van der Waals surface area contributed by atoms with Crippen molar-refractivity contribution in [3.8, 4) is 0 Å². The molecule has 0 radical (unpaired) electrons. The highest BCUT2D eigenvalue weighted by atomic mass is 16.5. The van der Waals surface area contributed by atoms with Crippen LogP contribution in [-0.2, 0) is 6.54 Å². The zero-order valence-corrected chi connectivity index (χ0v) is 9.51. The third-order valence-electron chi connectivity index (χ3n) is 3.05. The van der Waals surface area contributed by atoms with Crippen molar-refractivity contribution in [1.82, 2.24) is 10.1 Å². The number of hydrogen-bond acceptors (Lipinski definition) is 4. The van der Waals surface area contributed by atoms with E-state index in [0.717, 1.165) is 6.54 Å².